The van der Waals surface area contributed by atoms with Gasteiger partial charge in [0.1, 0.15) is 0 Å². The third kappa shape index (κ3) is 5.38. The number of hydrogen-bond acceptors (Lipinski definition) is 5. The fourth-order valence-electron chi connectivity index (χ4n) is 3.81. The summed E-state index contributed by atoms with van der Waals surface area (Å²) < 4.78 is 16.5. The molecule has 144 valence electrons. The van der Waals surface area contributed by atoms with E-state index in [0.29, 0.717) is 12.0 Å². The molecule has 0 unspecified atom stereocenters. The molecule has 0 aromatic heterocycles. The van der Waals surface area contributed by atoms with Gasteiger partial charge in [-0.05, 0) is 36.5 Å². The molecular formula is C18H30Cl2N2O3. The van der Waals surface area contributed by atoms with Crippen molar-refractivity contribution < 1.29 is 14.2 Å². The van der Waals surface area contributed by atoms with E-state index in [0.717, 1.165) is 63.7 Å². The van der Waals surface area contributed by atoms with E-state index in [2.05, 4.69) is 22.3 Å². The zero-order valence-corrected chi connectivity index (χ0v) is 16.7. The third-order valence-electron chi connectivity index (χ3n) is 5.01. The Kier molecular flexibility index (Phi) is 9.90. The van der Waals surface area contributed by atoms with Crippen LogP contribution >= 0.6 is 24.8 Å². The Bertz CT molecular complexity index is 489. The van der Waals surface area contributed by atoms with Crippen molar-refractivity contribution in [2.75, 3.05) is 53.6 Å². The second kappa shape index (κ2) is 11.1. The number of rotatable bonds is 5. The van der Waals surface area contributed by atoms with Gasteiger partial charge in [0, 0.05) is 45.4 Å². The van der Waals surface area contributed by atoms with Gasteiger partial charge in [0.05, 0.1) is 14.2 Å². The summed E-state index contributed by atoms with van der Waals surface area (Å²) in [5, 5.41) is 3.45. The van der Waals surface area contributed by atoms with Crippen LogP contribution in [0.1, 0.15) is 24.4 Å². The standard InChI is InChI=1S/C18H28N2O3.2ClH/c1-21-16-4-3-15(13-17(16)22-2)18(14-5-11-23-12-6-14)20-9-7-19-8-10-20;;/h3-4,13-14,18-19H,5-12H2,1-2H3;2*1H/t18-;;/m1../s1. The molecule has 1 atom stereocenters. The minimum atomic E-state index is 0. The molecule has 5 nitrogen and oxygen atoms in total. The van der Waals surface area contributed by atoms with Crippen molar-refractivity contribution in [2.24, 2.45) is 5.92 Å². The lowest BCUT2D eigenvalue weighted by atomic mass is 9.85. The third-order valence-corrected chi connectivity index (χ3v) is 5.01. The van der Waals surface area contributed by atoms with Crippen LogP contribution in [0.15, 0.2) is 18.2 Å². The number of hydrogen-bond donors (Lipinski definition) is 1. The van der Waals surface area contributed by atoms with Crippen LogP contribution in [-0.2, 0) is 4.74 Å². The lowest BCUT2D eigenvalue weighted by Crippen LogP contribution is -2.47. The van der Waals surface area contributed by atoms with Gasteiger partial charge in [0.15, 0.2) is 11.5 Å². The number of nitrogens with one attached hydrogen (secondary N) is 1. The molecule has 3 rings (SSSR count). The summed E-state index contributed by atoms with van der Waals surface area (Å²) in [7, 11) is 3.39. The molecule has 0 amide bonds. The van der Waals surface area contributed by atoms with Crippen LogP contribution < -0.4 is 14.8 Å². The SMILES string of the molecule is COc1ccc([C@@H](C2CCOCC2)N2CCNCC2)cc1OC.Cl.Cl. The lowest BCUT2D eigenvalue weighted by Gasteiger charge is -2.41. The van der Waals surface area contributed by atoms with Crippen molar-refractivity contribution in [1.82, 2.24) is 10.2 Å². The predicted molar refractivity (Wildman–Crippen MR) is 105 cm³/mol. The summed E-state index contributed by atoms with van der Waals surface area (Å²) in [6.07, 6.45) is 2.26. The fraction of sp³-hybridized carbons (Fsp3) is 0.667. The Balaban J connectivity index is 0.00000156. The maximum atomic E-state index is 5.58. The van der Waals surface area contributed by atoms with Gasteiger partial charge in [0.2, 0.25) is 0 Å². The first-order chi connectivity index (χ1) is 11.3. The summed E-state index contributed by atoms with van der Waals surface area (Å²) in [5.74, 6) is 2.25. The molecule has 2 fully saturated rings. The topological polar surface area (TPSA) is 43.0 Å². The minimum absolute atomic E-state index is 0. The van der Waals surface area contributed by atoms with Crippen LogP contribution in [0.3, 0.4) is 0 Å². The molecule has 0 bridgehead atoms. The normalized spacial score (nSPS) is 20.1. The van der Waals surface area contributed by atoms with E-state index in [-0.39, 0.29) is 24.8 Å². The highest BCUT2D eigenvalue weighted by molar-refractivity contribution is 5.85. The zero-order chi connectivity index (χ0) is 16.1. The highest BCUT2D eigenvalue weighted by Crippen LogP contribution is 2.38. The molecule has 7 heteroatoms. The van der Waals surface area contributed by atoms with E-state index in [4.69, 9.17) is 14.2 Å². The van der Waals surface area contributed by atoms with Crippen molar-refractivity contribution >= 4 is 24.8 Å². The molecular weight excluding hydrogens is 363 g/mol. The Morgan fingerprint density at radius 2 is 1.68 bits per heavy atom. The summed E-state index contributed by atoms with van der Waals surface area (Å²) in [5.41, 5.74) is 1.33. The Labute approximate surface area is 163 Å². The van der Waals surface area contributed by atoms with Crippen LogP contribution in [-0.4, -0.2) is 58.5 Å². The summed E-state index contributed by atoms with van der Waals surface area (Å²) in [6, 6.07) is 6.81. The van der Waals surface area contributed by atoms with E-state index in [1.807, 2.05) is 6.07 Å². The predicted octanol–water partition coefficient (Wildman–Crippen LogP) is 2.92. The summed E-state index contributed by atoms with van der Waals surface area (Å²) >= 11 is 0. The number of benzene rings is 1. The smallest absolute Gasteiger partial charge is 0.161 e. The first-order valence-corrected chi connectivity index (χ1v) is 8.58. The van der Waals surface area contributed by atoms with E-state index < -0.39 is 0 Å². The average molecular weight is 393 g/mol. The molecule has 0 saturated carbocycles. The Hall–Kier alpha value is -0.720. The molecule has 2 heterocycles. The van der Waals surface area contributed by atoms with Gasteiger partial charge in [-0.1, -0.05) is 6.07 Å². The van der Waals surface area contributed by atoms with E-state index in [9.17, 15) is 0 Å². The van der Waals surface area contributed by atoms with Gasteiger partial charge < -0.3 is 19.5 Å². The number of methoxy groups -OCH3 is 2. The van der Waals surface area contributed by atoms with Gasteiger partial charge in [0.25, 0.3) is 0 Å². The molecule has 0 aliphatic carbocycles. The second-order valence-electron chi connectivity index (χ2n) is 6.30. The first-order valence-electron chi connectivity index (χ1n) is 8.58. The molecule has 1 aromatic carbocycles. The van der Waals surface area contributed by atoms with E-state index in [1.165, 1.54) is 5.56 Å². The van der Waals surface area contributed by atoms with Crippen LogP contribution in [0.5, 0.6) is 11.5 Å². The highest BCUT2D eigenvalue weighted by atomic mass is 35.5. The quantitative estimate of drug-likeness (QED) is 0.834. The van der Waals surface area contributed by atoms with Crippen molar-refractivity contribution in [3.8, 4) is 11.5 Å². The Morgan fingerprint density at radius 3 is 2.28 bits per heavy atom. The molecule has 2 aliphatic rings. The average Bonchev–Trinajstić information content (AvgIpc) is 2.63. The van der Waals surface area contributed by atoms with Crippen molar-refractivity contribution in [2.45, 2.75) is 18.9 Å². The van der Waals surface area contributed by atoms with Gasteiger partial charge in [-0.25, -0.2) is 0 Å². The van der Waals surface area contributed by atoms with Crippen molar-refractivity contribution in [1.29, 1.82) is 0 Å². The molecule has 1 N–H and O–H groups in total. The maximum Gasteiger partial charge on any atom is 0.161 e. The van der Waals surface area contributed by atoms with Crippen molar-refractivity contribution in [3.63, 3.8) is 0 Å². The lowest BCUT2D eigenvalue weighted by molar-refractivity contribution is 0.0212. The number of ether oxygens (including phenoxy) is 3. The monoisotopic (exact) mass is 392 g/mol. The number of nitrogens with zero attached hydrogens (tertiary/aromatic N) is 1. The van der Waals surface area contributed by atoms with Crippen LogP contribution in [0, 0.1) is 5.92 Å². The van der Waals surface area contributed by atoms with Gasteiger partial charge in [-0.2, -0.15) is 0 Å². The van der Waals surface area contributed by atoms with Gasteiger partial charge in [-0.15, -0.1) is 24.8 Å². The van der Waals surface area contributed by atoms with Gasteiger partial charge >= 0.3 is 0 Å². The van der Waals surface area contributed by atoms with Crippen LogP contribution in [0.4, 0.5) is 0 Å². The summed E-state index contributed by atoms with van der Waals surface area (Å²) in [6.45, 7) is 6.06. The zero-order valence-electron chi connectivity index (χ0n) is 15.0. The molecule has 1 aromatic rings. The van der Waals surface area contributed by atoms with Crippen molar-refractivity contribution in [3.05, 3.63) is 23.8 Å². The fourth-order valence-corrected chi connectivity index (χ4v) is 3.81. The van der Waals surface area contributed by atoms with Gasteiger partial charge in [-0.3, -0.25) is 4.90 Å². The Morgan fingerprint density at radius 1 is 1.04 bits per heavy atom. The maximum absolute atomic E-state index is 5.58. The van der Waals surface area contributed by atoms with Crippen LogP contribution in [0.2, 0.25) is 0 Å². The second-order valence-corrected chi connectivity index (χ2v) is 6.30. The minimum Gasteiger partial charge on any atom is -0.493 e. The largest absolute Gasteiger partial charge is 0.493 e. The van der Waals surface area contributed by atoms with E-state index >= 15 is 0 Å². The van der Waals surface area contributed by atoms with Crippen LogP contribution in [0.25, 0.3) is 0 Å². The first kappa shape index (κ1) is 22.3. The number of piperazine rings is 1. The summed E-state index contributed by atoms with van der Waals surface area (Å²) in [4.78, 5) is 2.62. The molecule has 2 saturated heterocycles. The number of halogens is 2. The molecule has 25 heavy (non-hydrogen) atoms. The molecule has 0 spiro atoms. The van der Waals surface area contributed by atoms with E-state index in [1.54, 1.807) is 14.2 Å². The highest BCUT2D eigenvalue weighted by Gasteiger charge is 2.31. The molecule has 0 radical (unpaired) electrons. The molecule has 2 aliphatic heterocycles.